The summed E-state index contributed by atoms with van der Waals surface area (Å²) in [6.07, 6.45) is 1.22. The lowest BCUT2D eigenvalue weighted by atomic mass is 9.96. The fraction of sp³-hybridized carbons (Fsp3) is 0.273. The van der Waals surface area contributed by atoms with E-state index in [0.29, 0.717) is 37.3 Å². The molecule has 1 aliphatic rings. The third-order valence-electron chi connectivity index (χ3n) is 5.04. The number of esters is 1. The third kappa shape index (κ3) is 4.12. The van der Waals surface area contributed by atoms with Gasteiger partial charge in [-0.15, -0.1) is 0 Å². The molecular formula is C22H20BrNO4. The largest absolute Gasteiger partial charge is 0.457 e. The van der Waals surface area contributed by atoms with Crippen LogP contribution < -0.4 is 0 Å². The highest BCUT2D eigenvalue weighted by Crippen LogP contribution is 2.23. The van der Waals surface area contributed by atoms with Crippen molar-refractivity contribution in [2.24, 2.45) is 5.92 Å². The number of furan rings is 1. The van der Waals surface area contributed by atoms with Gasteiger partial charge in [-0.1, -0.05) is 34.1 Å². The van der Waals surface area contributed by atoms with Crippen molar-refractivity contribution in [2.45, 2.75) is 19.4 Å². The molecular weight excluding hydrogens is 422 g/mol. The molecule has 144 valence electrons. The predicted octanol–water partition coefficient (Wildman–Crippen LogP) is 4.79. The molecule has 1 amide bonds. The van der Waals surface area contributed by atoms with Gasteiger partial charge in [0.05, 0.1) is 5.92 Å². The Balaban J connectivity index is 1.28. The predicted molar refractivity (Wildman–Crippen MR) is 109 cm³/mol. The Hall–Kier alpha value is -2.60. The van der Waals surface area contributed by atoms with Crippen molar-refractivity contribution in [3.05, 3.63) is 70.4 Å². The quantitative estimate of drug-likeness (QED) is 0.546. The number of fused-ring (bicyclic) bond motifs is 1. The molecule has 0 spiro atoms. The SMILES string of the molecule is O=C(OCc1cc2ccccc2o1)C1CCN(C(=O)c2ccc(Br)cc2)CC1. The summed E-state index contributed by atoms with van der Waals surface area (Å²) in [5.74, 6) is 0.230. The summed E-state index contributed by atoms with van der Waals surface area (Å²) in [6.45, 7) is 1.24. The molecule has 3 aromatic rings. The second kappa shape index (κ2) is 8.19. The number of likely N-dealkylation sites (tertiary alicyclic amines) is 1. The van der Waals surface area contributed by atoms with Crippen LogP contribution in [0.25, 0.3) is 11.0 Å². The van der Waals surface area contributed by atoms with E-state index in [1.165, 1.54) is 0 Å². The van der Waals surface area contributed by atoms with Crippen LogP contribution in [0.5, 0.6) is 0 Å². The van der Waals surface area contributed by atoms with Crippen molar-refractivity contribution >= 4 is 38.8 Å². The molecule has 0 unspecified atom stereocenters. The number of nitrogens with zero attached hydrogens (tertiary/aromatic N) is 1. The molecule has 6 heteroatoms. The maximum Gasteiger partial charge on any atom is 0.309 e. The highest BCUT2D eigenvalue weighted by Gasteiger charge is 2.29. The number of rotatable bonds is 4. The number of ether oxygens (including phenoxy) is 1. The van der Waals surface area contributed by atoms with E-state index in [1.807, 2.05) is 42.5 Å². The van der Waals surface area contributed by atoms with Crippen molar-refractivity contribution < 1.29 is 18.7 Å². The fourth-order valence-electron chi connectivity index (χ4n) is 3.46. The molecule has 1 aliphatic heterocycles. The number of carbonyl (C=O) groups excluding carboxylic acids is 2. The van der Waals surface area contributed by atoms with Crippen LogP contribution in [0.15, 0.2) is 63.5 Å². The van der Waals surface area contributed by atoms with Gasteiger partial charge in [-0.25, -0.2) is 0 Å². The average Bonchev–Trinajstić information content (AvgIpc) is 3.15. The van der Waals surface area contributed by atoms with Crippen LogP contribution in [0.1, 0.15) is 29.0 Å². The van der Waals surface area contributed by atoms with Gasteiger partial charge in [0.2, 0.25) is 0 Å². The number of carbonyl (C=O) groups is 2. The van der Waals surface area contributed by atoms with Gasteiger partial charge < -0.3 is 14.1 Å². The topological polar surface area (TPSA) is 59.8 Å². The third-order valence-corrected chi connectivity index (χ3v) is 5.57. The summed E-state index contributed by atoms with van der Waals surface area (Å²) in [6, 6.07) is 16.9. The van der Waals surface area contributed by atoms with Crippen molar-refractivity contribution in [3.63, 3.8) is 0 Å². The van der Waals surface area contributed by atoms with Crippen LogP contribution in [0.3, 0.4) is 0 Å². The van der Waals surface area contributed by atoms with Crippen LogP contribution >= 0.6 is 15.9 Å². The average molecular weight is 442 g/mol. The molecule has 4 rings (SSSR count). The number of hydrogen-bond donors (Lipinski definition) is 0. The van der Waals surface area contributed by atoms with Crippen molar-refractivity contribution in [3.8, 4) is 0 Å². The van der Waals surface area contributed by atoms with Crippen molar-refractivity contribution in [1.29, 1.82) is 0 Å². The first-order valence-corrected chi connectivity index (χ1v) is 10.1. The maximum atomic E-state index is 12.6. The van der Waals surface area contributed by atoms with Gasteiger partial charge in [-0.05, 0) is 49.2 Å². The van der Waals surface area contributed by atoms with E-state index in [-0.39, 0.29) is 24.4 Å². The lowest BCUT2D eigenvalue weighted by Gasteiger charge is -2.31. The second-order valence-electron chi connectivity index (χ2n) is 6.93. The zero-order chi connectivity index (χ0) is 19.5. The summed E-state index contributed by atoms with van der Waals surface area (Å²) in [5, 5.41) is 0.994. The molecule has 1 saturated heterocycles. The summed E-state index contributed by atoms with van der Waals surface area (Å²) in [4.78, 5) is 26.8. The first kappa shape index (κ1) is 18.7. The van der Waals surface area contributed by atoms with E-state index in [2.05, 4.69) is 15.9 Å². The van der Waals surface area contributed by atoms with Gasteiger partial charge in [-0.3, -0.25) is 9.59 Å². The fourth-order valence-corrected chi connectivity index (χ4v) is 3.73. The Morgan fingerprint density at radius 1 is 1.07 bits per heavy atom. The van der Waals surface area contributed by atoms with Gasteiger partial charge in [0.25, 0.3) is 5.91 Å². The number of benzene rings is 2. The highest BCUT2D eigenvalue weighted by atomic mass is 79.9. The summed E-state index contributed by atoms with van der Waals surface area (Å²) in [7, 11) is 0. The van der Waals surface area contributed by atoms with Crippen LogP contribution in [0.2, 0.25) is 0 Å². The van der Waals surface area contributed by atoms with Gasteiger partial charge in [0, 0.05) is 28.5 Å². The van der Waals surface area contributed by atoms with E-state index in [1.54, 1.807) is 17.0 Å². The molecule has 0 saturated carbocycles. The lowest BCUT2D eigenvalue weighted by Crippen LogP contribution is -2.40. The van der Waals surface area contributed by atoms with Crippen LogP contribution in [0.4, 0.5) is 0 Å². The molecule has 28 heavy (non-hydrogen) atoms. The first-order chi connectivity index (χ1) is 13.6. The zero-order valence-corrected chi connectivity index (χ0v) is 16.9. The van der Waals surface area contributed by atoms with Crippen LogP contribution in [-0.2, 0) is 16.1 Å². The Labute approximate surface area is 171 Å². The molecule has 0 radical (unpaired) electrons. The number of piperidine rings is 1. The summed E-state index contributed by atoms with van der Waals surface area (Å²) < 4.78 is 12.1. The van der Waals surface area contributed by atoms with Gasteiger partial charge in [0.1, 0.15) is 18.0 Å². The molecule has 5 nitrogen and oxygen atoms in total. The molecule has 2 heterocycles. The van der Waals surface area contributed by atoms with Crippen LogP contribution in [0, 0.1) is 5.92 Å². The summed E-state index contributed by atoms with van der Waals surface area (Å²) >= 11 is 3.37. The van der Waals surface area contributed by atoms with Gasteiger partial charge in [-0.2, -0.15) is 0 Å². The number of hydrogen-bond acceptors (Lipinski definition) is 4. The van der Waals surface area contributed by atoms with E-state index in [0.717, 1.165) is 15.4 Å². The maximum absolute atomic E-state index is 12.6. The molecule has 0 aliphatic carbocycles. The van der Waals surface area contributed by atoms with E-state index < -0.39 is 0 Å². The monoisotopic (exact) mass is 441 g/mol. The Kier molecular flexibility index (Phi) is 5.48. The Bertz CT molecular complexity index is 954. The molecule has 0 atom stereocenters. The number of para-hydroxylation sites is 1. The van der Waals surface area contributed by atoms with Crippen molar-refractivity contribution in [2.75, 3.05) is 13.1 Å². The van der Waals surface area contributed by atoms with E-state index in [4.69, 9.17) is 9.15 Å². The lowest BCUT2D eigenvalue weighted by molar-refractivity contribution is -0.151. The standard InChI is InChI=1S/C22H20BrNO4/c23-18-7-5-15(6-8-18)21(25)24-11-9-16(10-12-24)22(26)27-14-19-13-17-3-1-2-4-20(17)28-19/h1-8,13,16H,9-12,14H2. The smallest absolute Gasteiger partial charge is 0.309 e. The van der Waals surface area contributed by atoms with Crippen LogP contribution in [-0.4, -0.2) is 29.9 Å². The van der Waals surface area contributed by atoms with Crippen molar-refractivity contribution in [1.82, 2.24) is 4.90 Å². The normalized spacial score (nSPS) is 15.0. The van der Waals surface area contributed by atoms with Gasteiger partial charge >= 0.3 is 5.97 Å². The molecule has 1 aromatic heterocycles. The first-order valence-electron chi connectivity index (χ1n) is 9.29. The second-order valence-corrected chi connectivity index (χ2v) is 7.85. The Morgan fingerprint density at radius 3 is 2.50 bits per heavy atom. The van der Waals surface area contributed by atoms with E-state index in [9.17, 15) is 9.59 Å². The minimum atomic E-state index is -0.226. The molecule has 0 N–H and O–H groups in total. The highest BCUT2D eigenvalue weighted by molar-refractivity contribution is 9.10. The van der Waals surface area contributed by atoms with E-state index >= 15 is 0 Å². The minimum Gasteiger partial charge on any atom is -0.457 e. The Morgan fingerprint density at radius 2 is 1.79 bits per heavy atom. The summed E-state index contributed by atoms with van der Waals surface area (Å²) in [5.41, 5.74) is 1.45. The number of halogens is 1. The molecule has 0 bridgehead atoms. The molecule has 2 aromatic carbocycles. The zero-order valence-electron chi connectivity index (χ0n) is 15.3. The van der Waals surface area contributed by atoms with Gasteiger partial charge in [0.15, 0.2) is 0 Å². The number of amides is 1. The molecule has 1 fully saturated rings. The minimum absolute atomic E-state index is 0.00147.